The van der Waals surface area contributed by atoms with Gasteiger partial charge in [0.05, 0.1) is 22.7 Å². The molecule has 0 spiro atoms. The topological polar surface area (TPSA) is 26.3 Å². The Balaban J connectivity index is 2.36. The molecule has 1 fully saturated rings. The quantitative estimate of drug-likeness (QED) is 0.595. The number of rotatable bonds is 3. The van der Waals surface area contributed by atoms with Gasteiger partial charge in [0.25, 0.3) is 0 Å². The number of hydrogen-bond donors (Lipinski definition) is 0. The van der Waals surface area contributed by atoms with E-state index in [-0.39, 0.29) is 5.97 Å². The molecule has 2 nitrogen and oxygen atoms in total. The molecule has 1 saturated carbocycles. The number of esters is 1. The van der Waals surface area contributed by atoms with Crippen LogP contribution < -0.4 is 0 Å². The smallest absolute Gasteiger partial charge is 0.338 e. The van der Waals surface area contributed by atoms with Crippen LogP contribution in [0.3, 0.4) is 0 Å². The fraction of sp³-hybridized carbons (Fsp3) is 0.400. The number of benzene rings is 1. The van der Waals surface area contributed by atoms with Gasteiger partial charge in [-0.25, -0.2) is 4.79 Å². The fourth-order valence-electron chi connectivity index (χ4n) is 2.42. The Morgan fingerprint density at radius 2 is 1.95 bits per heavy atom. The second-order valence-electron chi connectivity index (χ2n) is 4.75. The van der Waals surface area contributed by atoms with E-state index in [1.165, 1.54) is 20.0 Å². The third kappa shape index (κ3) is 3.52. The van der Waals surface area contributed by atoms with Gasteiger partial charge in [0.15, 0.2) is 0 Å². The highest BCUT2D eigenvalue weighted by atomic mass is 35.5. The maximum absolute atomic E-state index is 11.9. The maximum Gasteiger partial charge on any atom is 0.338 e. The van der Waals surface area contributed by atoms with Gasteiger partial charge in [-0.3, -0.25) is 0 Å². The Kier molecular flexibility index (Phi) is 4.89. The summed E-state index contributed by atoms with van der Waals surface area (Å²) in [4.78, 5) is 11.9. The molecule has 2 rings (SSSR count). The molecule has 0 aromatic heterocycles. The minimum absolute atomic E-state index is 0.328. The Morgan fingerprint density at radius 3 is 2.53 bits per heavy atom. The highest BCUT2D eigenvalue weighted by Gasteiger charge is 2.19. The Labute approximate surface area is 123 Å². The van der Waals surface area contributed by atoms with Crippen molar-refractivity contribution in [3.8, 4) is 0 Å². The lowest BCUT2D eigenvalue weighted by Gasteiger charge is -2.10. The summed E-state index contributed by atoms with van der Waals surface area (Å²) in [7, 11) is 1.39. The van der Waals surface area contributed by atoms with Gasteiger partial charge in [-0.2, -0.15) is 0 Å². The molecule has 19 heavy (non-hydrogen) atoms. The number of methoxy groups -OCH3 is 1. The predicted molar refractivity (Wildman–Crippen MR) is 78.4 cm³/mol. The standard InChI is InChI=1S/C15H16Cl2O2/c1-19-15(18)12(8-10-4-2-3-5-10)11-6-7-13(16)14(17)9-11/h6-10H,2-5H2,1H3/b12-8+. The molecule has 0 aliphatic heterocycles. The molecule has 0 amide bonds. The SMILES string of the molecule is COC(=O)/C(=C/C1CCCC1)c1ccc(Cl)c(Cl)c1. The van der Waals surface area contributed by atoms with E-state index in [0.29, 0.717) is 21.5 Å². The molecule has 1 aromatic carbocycles. The molecule has 102 valence electrons. The normalized spacial score (nSPS) is 16.7. The van der Waals surface area contributed by atoms with Crippen molar-refractivity contribution < 1.29 is 9.53 Å². The van der Waals surface area contributed by atoms with E-state index < -0.39 is 0 Å². The molecule has 0 saturated heterocycles. The van der Waals surface area contributed by atoms with E-state index >= 15 is 0 Å². The van der Waals surface area contributed by atoms with Crippen LogP contribution in [0.25, 0.3) is 5.57 Å². The summed E-state index contributed by atoms with van der Waals surface area (Å²) in [6.07, 6.45) is 6.70. The molecule has 1 aromatic rings. The Bertz CT molecular complexity index is 503. The minimum atomic E-state index is -0.328. The van der Waals surface area contributed by atoms with Crippen LogP contribution in [0.15, 0.2) is 24.3 Å². The highest BCUT2D eigenvalue weighted by molar-refractivity contribution is 6.42. The Morgan fingerprint density at radius 1 is 1.26 bits per heavy atom. The lowest BCUT2D eigenvalue weighted by molar-refractivity contribution is -0.133. The summed E-state index contributed by atoms with van der Waals surface area (Å²) in [5.74, 6) is 0.119. The van der Waals surface area contributed by atoms with Crippen molar-refractivity contribution in [3.63, 3.8) is 0 Å². The average molecular weight is 299 g/mol. The third-order valence-corrected chi connectivity index (χ3v) is 4.18. The predicted octanol–water partition coefficient (Wildman–Crippen LogP) is 4.74. The van der Waals surface area contributed by atoms with Crippen molar-refractivity contribution >= 4 is 34.7 Å². The van der Waals surface area contributed by atoms with Crippen molar-refractivity contribution in [2.45, 2.75) is 25.7 Å². The first-order valence-electron chi connectivity index (χ1n) is 6.37. The Hall–Kier alpha value is -0.990. The summed E-state index contributed by atoms with van der Waals surface area (Å²) in [6.45, 7) is 0. The van der Waals surface area contributed by atoms with Crippen LogP contribution in [0, 0.1) is 5.92 Å². The van der Waals surface area contributed by atoms with Crippen molar-refractivity contribution in [1.82, 2.24) is 0 Å². The van der Waals surface area contributed by atoms with Gasteiger partial charge in [0.1, 0.15) is 0 Å². The molecule has 4 heteroatoms. The van der Waals surface area contributed by atoms with Crippen molar-refractivity contribution in [1.29, 1.82) is 0 Å². The van der Waals surface area contributed by atoms with Gasteiger partial charge in [0, 0.05) is 0 Å². The monoisotopic (exact) mass is 298 g/mol. The van der Waals surface area contributed by atoms with Crippen LogP contribution in [0.5, 0.6) is 0 Å². The maximum atomic E-state index is 11.9. The summed E-state index contributed by atoms with van der Waals surface area (Å²) in [5, 5.41) is 0.927. The largest absolute Gasteiger partial charge is 0.465 e. The summed E-state index contributed by atoms with van der Waals surface area (Å²) in [5.41, 5.74) is 1.33. The van der Waals surface area contributed by atoms with Gasteiger partial charge in [0.2, 0.25) is 0 Å². The molecule has 0 atom stereocenters. The van der Waals surface area contributed by atoms with Crippen LogP contribution in [0.1, 0.15) is 31.2 Å². The molecular formula is C15H16Cl2O2. The zero-order chi connectivity index (χ0) is 13.8. The van der Waals surface area contributed by atoms with Crippen LogP contribution in [-0.2, 0) is 9.53 Å². The average Bonchev–Trinajstić information content (AvgIpc) is 2.91. The first-order chi connectivity index (χ1) is 9.11. The first-order valence-corrected chi connectivity index (χ1v) is 7.13. The van der Waals surface area contributed by atoms with Crippen LogP contribution in [0.4, 0.5) is 0 Å². The van der Waals surface area contributed by atoms with Gasteiger partial charge in [-0.05, 0) is 36.5 Å². The van der Waals surface area contributed by atoms with Gasteiger partial charge >= 0.3 is 5.97 Å². The molecular weight excluding hydrogens is 283 g/mol. The second kappa shape index (κ2) is 6.44. The van der Waals surface area contributed by atoms with E-state index in [2.05, 4.69) is 0 Å². The summed E-state index contributed by atoms with van der Waals surface area (Å²) < 4.78 is 4.86. The number of ether oxygens (including phenoxy) is 1. The molecule has 1 aliphatic rings. The zero-order valence-electron chi connectivity index (χ0n) is 10.8. The third-order valence-electron chi connectivity index (χ3n) is 3.44. The molecule has 0 heterocycles. The molecule has 1 aliphatic carbocycles. The van der Waals surface area contributed by atoms with Crippen LogP contribution in [-0.4, -0.2) is 13.1 Å². The van der Waals surface area contributed by atoms with E-state index in [9.17, 15) is 4.79 Å². The number of halogens is 2. The van der Waals surface area contributed by atoms with E-state index in [0.717, 1.165) is 18.4 Å². The fourth-order valence-corrected chi connectivity index (χ4v) is 2.71. The van der Waals surface area contributed by atoms with Crippen molar-refractivity contribution in [2.24, 2.45) is 5.92 Å². The lowest BCUT2D eigenvalue weighted by atomic mass is 9.99. The second-order valence-corrected chi connectivity index (χ2v) is 5.56. The lowest BCUT2D eigenvalue weighted by Crippen LogP contribution is -2.06. The summed E-state index contributed by atoms with van der Waals surface area (Å²) >= 11 is 11.9. The number of carbonyl (C=O) groups is 1. The first kappa shape index (κ1) is 14.4. The number of carbonyl (C=O) groups excluding carboxylic acids is 1. The van der Waals surface area contributed by atoms with Gasteiger partial charge in [-0.1, -0.05) is 48.2 Å². The van der Waals surface area contributed by atoms with Gasteiger partial charge < -0.3 is 4.74 Å². The highest BCUT2D eigenvalue weighted by Crippen LogP contribution is 2.31. The number of hydrogen-bond acceptors (Lipinski definition) is 2. The molecule has 0 N–H and O–H groups in total. The zero-order valence-corrected chi connectivity index (χ0v) is 12.3. The summed E-state index contributed by atoms with van der Waals surface area (Å²) in [6, 6.07) is 5.21. The van der Waals surface area contributed by atoms with Crippen LogP contribution in [0.2, 0.25) is 10.0 Å². The van der Waals surface area contributed by atoms with E-state index in [4.69, 9.17) is 27.9 Å². The van der Waals surface area contributed by atoms with Gasteiger partial charge in [-0.15, -0.1) is 0 Å². The van der Waals surface area contributed by atoms with E-state index in [1.807, 2.05) is 6.08 Å². The van der Waals surface area contributed by atoms with Crippen LogP contribution >= 0.6 is 23.2 Å². The van der Waals surface area contributed by atoms with Crippen molar-refractivity contribution in [3.05, 3.63) is 39.9 Å². The minimum Gasteiger partial charge on any atom is -0.465 e. The van der Waals surface area contributed by atoms with E-state index in [1.54, 1.807) is 18.2 Å². The molecule has 0 radical (unpaired) electrons. The number of allylic oxidation sites excluding steroid dienone is 1. The molecule has 0 bridgehead atoms. The molecule has 0 unspecified atom stereocenters. The van der Waals surface area contributed by atoms with Crippen molar-refractivity contribution in [2.75, 3.05) is 7.11 Å².